The predicted molar refractivity (Wildman–Crippen MR) is 113 cm³/mol. The number of morpholine rings is 1. The Morgan fingerprint density at radius 2 is 1.97 bits per heavy atom. The van der Waals surface area contributed by atoms with Crippen LogP contribution in [0.3, 0.4) is 0 Å². The topological polar surface area (TPSA) is 84.0 Å². The van der Waals surface area contributed by atoms with E-state index in [0.29, 0.717) is 32.1 Å². The maximum Gasteiger partial charge on any atom is 0.320 e. The third kappa shape index (κ3) is 4.07. The van der Waals surface area contributed by atoms with Crippen molar-refractivity contribution in [1.82, 2.24) is 20.1 Å². The third-order valence-electron chi connectivity index (χ3n) is 6.32. The molecule has 3 aliphatic heterocycles. The molecule has 1 N–H and O–H groups in total. The zero-order valence-corrected chi connectivity index (χ0v) is 17.5. The Hall–Kier alpha value is -3.13. The minimum absolute atomic E-state index is 0.0158. The van der Waals surface area contributed by atoms with Gasteiger partial charge in [-0.3, -0.25) is 9.78 Å². The molecule has 5 rings (SSSR count). The molecule has 0 aliphatic carbocycles. The Morgan fingerprint density at radius 3 is 2.74 bits per heavy atom. The number of carbonyl (C=O) groups excluding carboxylic acids is 2. The standard InChI is InChI=1S/C23H26N4O4/c1-15-6-8-24-10-21(15)31-18-4-2-16(3-5-18)17-11-27(12-17)23(29)26-9-7-20-19(13-26)25-22(28)14-30-20/h2-6,8,10,17,19-20H,7,9,11-14H2,1H3,(H,25,28)/t19-,20?/m1/s1. The number of ether oxygens (including phenoxy) is 2. The maximum absolute atomic E-state index is 12.9. The molecule has 0 saturated carbocycles. The third-order valence-corrected chi connectivity index (χ3v) is 6.32. The fourth-order valence-corrected chi connectivity index (χ4v) is 4.41. The molecule has 0 spiro atoms. The van der Waals surface area contributed by atoms with Crippen LogP contribution in [0.2, 0.25) is 0 Å². The molecule has 8 heteroatoms. The fraction of sp³-hybridized carbons (Fsp3) is 0.435. The molecule has 162 valence electrons. The Kier molecular flexibility index (Phi) is 5.23. The van der Waals surface area contributed by atoms with Crippen molar-refractivity contribution < 1.29 is 19.1 Å². The first kappa shape index (κ1) is 19.8. The fourth-order valence-electron chi connectivity index (χ4n) is 4.41. The average Bonchev–Trinajstić information content (AvgIpc) is 2.75. The van der Waals surface area contributed by atoms with Crippen molar-refractivity contribution in [3.8, 4) is 11.5 Å². The Bertz CT molecular complexity index is 974. The number of carbonyl (C=O) groups is 2. The number of likely N-dealkylation sites (tertiary alicyclic amines) is 2. The number of aromatic nitrogens is 1. The van der Waals surface area contributed by atoms with Crippen LogP contribution in [0.1, 0.15) is 23.5 Å². The van der Waals surface area contributed by atoms with Crippen LogP contribution in [0.25, 0.3) is 0 Å². The van der Waals surface area contributed by atoms with Crippen LogP contribution in [-0.2, 0) is 9.53 Å². The second kappa shape index (κ2) is 8.19. The lowest BCUT2D eigenvalue weighted by atomic mass is 9.91. The van der Waals surface area contributed by atoms with Crippen molar-refractivity contribution in [3.63, 3.8) is 0 Å². The molecule has 0 radical (unpaired) electrons. The van der Waals surface area contributed by atoms with E-state index in [9.17, 15) is 9.59 Å². The molecule has 3 amide bonds. The van der Waals surface area contributed by atoms with Gasteiger partial charge in [0.25, 0.3) is 0 Å². The first-order chi connectivity index (χ1) is 15.1. The van der Waals surface area contributed by atoms with Gasteiger partial charge in [-0.25, -0.2) is 4.79 Å². The Balaban J connectivity index is 1.14. The number of rotatable bonds is 3. The molecule has 31 heavy (non-hydrogen) atoms. The minimum Gasteiger partial charge on any atom is -0.455 e. The highest BCUT2D eigenvalue weighted by Crippen LogP contribution is 2.31. The molecule has 0 bridgehead atoms. The summed E-state index contributed by atoms with van der Waals surface area (Å²) in [5.74, 6) is 1.74. The van der Waals surface area contributed by atoms with Gasteiger partial charge < -0.3 is 24.6 Å². The zero-order chi connectivity index (χ0) is 21.4. The first-order valence-electron chi connectivity index (χ1n) is 10.7. The van der Waals surface area contributed by atoms with E-state index in [0.717, 1.165) is 23.5 Å². The van der Waals surface area contributed by atoms with Gasteiger partial charge in [-0.2, -0.15) is 0 Å². The van der Waals surface area contributed by atoms with Gasteiger partial charge in [0.05, 0.1) is 18.3 Å². The summed E-state index contributed by atoms with van der Waals surface area (Å²) in [6, 6.07) is 9.91. The van der Waals surface area contributed by atoms with E-state index in [1.807, 2.05) is 34.9 Å². The smallest absolute Gasteiger partial charge is 0.320 e. The number of pyridine rings is 1. The lowest BCUT2D eigenvalue weighted by Gasteiger charge is -2.46. The molecule has 2 aromatic rings. The summed E-state index contributed by atoms with van der Waals surface area (Å²) in [6.07, 6.45) is 4.23. The number of fused-ring (bicyclic) bond motifs is 1. The molecule has 4 heterocycles. The normalized spacial score (nSPS) is 23.6. The molecular formula is C23H26N4O4. The quantitative estimate of drug-likeness (QED) is 0.821. The highest BCUT2D eigenvalue weighted by Gasteiger charge is 2.40. The number of benzene rings is 1. The highest BCUT2D eigenvalue weighted by molar-refractivity contribution is 5.79. The molecule has 8 nitrogen and oxygen atoms in total. The van der Waals surface area contributed by atoms with Crippen molar-refractivity contribution in [1.29, 1.82) is 0 Å². The minimum atomic E-state index is -0.106. The number of piperidine rings is 1. The Morgan fingerprint density at radius 1 is 1.16 bits per heavy atom. The zero-order valence-electron chi connectivity index (χ0n) is 17.5. The first-order valence-corrected chi connectivity index (χ1v) is 10.7. The van der Waals surface area contributed by atoms with Crippen molar-refractivity contribution in [2.45, 2.75) is 31.4 Å². The lowest BCUT2D eigenvalue weighted by molar-refractivity contribution is -0.139. The van der Waals surface area contributed by atoms with E-state index in [-0.39, 0.29) is 30.7 Å². The van der Waals surface area contributed by atoms with Gasteiger partial charge in [0.1, 0.15) is 18.1 Å². The summed E-state index contributed by atoms with van der Waals surface area (Å²) in [4.78, 5) is 32.3. The summed E-state index contributed by atoms with van der Waals surface area (Å²) in [7, 11) is 0. The van der Waals surface area contributed by atoms with Gasteiger partial charge >= 0.3 is 6.03 Å². The average molecular weight is 422 g/mol. The molecule has 3 saturated heterocycles. The number of urea groups is 1. The number of amides is 3. The van der Waals surface area contributed by atoms with Crippen LogP contribution in [-0.4, -0.2) is 71.7 Å². The molecule has 1 unspecified atom stereocenters. The second-order valence-corrected chi connectivity index (χ2v) is 8.45. The maximum atomic E-state index is 12.9. The van der Waals surface area contributed by atoms with Gasteiger partial charge in [0, 0.05) is 38.3 Å². The summed E-state index contributed by atoms with van der Waals surface area (Å²) in [6.45, 7) is 4.69. The summed E-state index contributed by atoms with van der Waals surface area (Å²) in [5.41, 5.74) is 2.24. The van der Waals surface area contributed by atoms with E-state index in [4.69, 9.17) is 9.47 Å². The van der Waals surface area contributed by atoms with E-state index < -0.39 is 0 Å². The summed E-state index contributed by atoms with van der Waals surface area (Å²) >= 11 is 0. The van der Waals surface area contributed by atoms with Gasteiger partial charge in [-0.1, -0.05) is 12.1 Å². The number of aryl methyl sites for hydroxylation is 1. The van der Waals surface area contributed by atoms with Crippen LogP contribution >= 0.6 is 0 Å². The second-order valence-electron chi connectivity index (χ2n) is 8.45. The summed E-state index contributed by atoms with van der Waals surface area (Å²) in [5, 5.41) is 2.95. The highest BCUT2D eigenvalue weighted by atomic mass is 16.5. The lowest BCUT2D eigenvalue weighted by Crippen LogP contribution is -2.63. The number of hydrogen-bond donors (Lipinski definition) is 1. The van der Waals surface area contributed by atoms with Gasteiger partial charge in [0.15, 0.2) is 0 Å². The molecule has 3 fully saturated rings. The molecule has 2 atom stereocenters. The van der Waals surface area contributed by atoms with Crippen LogP contribution in [0.4, 0.5) is 4.79 Å². The SMILES string of the molecule is Cc1ccncc1Oc1ccc(C2CN(C(=O)N3CCC4OCC(=O)N[C@@H]4C3)C2)cc1. The molecule has 1 aromatic carbocycles. The van der Waals surface area contributed by atoms with Crippen molar-refractivity contribution in [3.05, 3.63) is 53.9 Å². The van der Waals surface area contributed by atoms with Crippen LogP contribution in [0, 0.1) is 6.92 Å². The Labute approximate surface area is 181 Å². The summed E-state index contributed by atoms with van der Waals surface area (Å²) < 4.78 is 11.5. The monoisotopic (exact) mass is 422 g/mol. The number of nitrogens with zero attached hydrogens (tertiary/aromatic N) is 3. The van der Waals surface area contributed by atoms with Gasteiger partial charge in [-0.15, -0.1) is 0 Å². The predicted octanol–water partition coefficient (Wildman–Crippen LogP) is 2.29. The van der Waals surface area contributed by atoms with Gasteiger partial charge in [-0.05, 0) is 42.7 Å². The molecule has 3 aliphatic rings. The van der Waals surface area contributed by atoms with Crippen LogP contribution < -0.4 is 10.1 Å². The van der Waals surface area contributed by atoms with Crippen LogP contribution in [0.5, 0.6) is 11.5 Å². The number of nitrogens with one attached hydrogen (secondary N) is 1. The van der Waals surface area contributed by atoms with E-state index >= 15 is 0 Å². The van der Waals surface area contributed by atoms with Gasteiger partial charge in [0.2, 0.25) is 5.91 Å². The van der Waals surface area contributed by atoms with Crippen LogP contribution in [0.15, 0.2) is 42.7 Å². The molecule has 1 aromatic heterocycles. The number of hydrogen-bond acceptors (Lipinski definition) is 5. The van der Waals surface area contributed by atoms with Crippen molar-refractivity contribution in [2.24, 2.45) is 0 Å². The molecular weight excluding hydrogens is 396 g/mol. The van der Waals surface area contributed by atoms with E-state index in [1.54, 1.807) is 12.4 Å². The van der Waals surface area contributed by atoms with E-state index in [1.165, 1.54) is 5.56 Å². The largest absolute Gasteiger partial charge is 0.455 e. The van der Waals surface area contributed by atoms with Crippen molar-refractivity contribution >= 4 is 11.9 Å². The van der Waals surface area contributed by atoms with Crippen molar-refractivity contribution in [2.75, 3.05) is 32.8 Å². The van der Waals surface area contributed by atoms with E-state index in [2.05, 4.69) is 22.4 Å².